The second-order valence-corrected chi connectivity index (χ2v) is 6.59. The van der Waals surface area contributed by atoms with Crippen LogP contribution >= 0.6 is 11.3 Å². The number of hydrogen-bond acceptors (Lipinski definition) is 6. The van der Waals surface area contributed by atoms with E-state index in [1.807, 2.05) is 36.4 Å². The lowest BCUT2D eigenvalue weighted by Gasteiger charge is -2.05. The van der Waals surface area contributed by atoms with Crippen molar-refractivity contribution in [3.8, 4) is 22.9 Å². The highest BCUT2D eigenvalue weighted by molar-refractivity contribution is 7.16. The van der Waals surface area contributed by atoms with Gasteiger partial charge < -0.3 is 9.47 Å². The van der Waals surface area contributed by atoms with Crippen molar-refractivity contribution in [1.29, 1.82) is 0 Å². The number of hydrogen-bond donors (Lipinski definition) is 0. The Morgan fingerprint density at radius 3 is 2.72 bits per heavy atom. The summed E-state index contributed by atoms with van der Waals surface area (Å²) in [6, 6.07) is 15.6. The van der Waals surface area contributed by atoms with Crippen LogP contribution in [0.2, 0.25) is 0 Å². The van der Waals surface area contributed by atoms with E-state index in [0.29, 0.717) is 6.61 Å². The molecule has 6 nitrogen and oxygen atoms in total. The molecule has 2 aromatic carbocycles. The fraction of sp³-hybridized carbons (Fsp3) is 0.167. The van der Waals surface area contributed by atoms with Gasteiger partial charge in [0.2, 0.25) is 4.96 Å². The first-order valence-electron chi connectivity index (χ1n) is 7.78. The van der Waals surface area contributed by atoms with Gasteiger partial charge in [-0.1, -0.05) is 41.2 Å². The zero-order valence-electron chi connectivity index (χ0n) is 13.8. The molecule has 0 aliphatic carbocycles. The molecular formula is C18H16N4O2S. The second kappa shape index (κ2) is 6.52. The summed E-state index contributed by atoms with van der Waals surface area (Å²) in [6.45, 7) is 2.42. The average molecular weight is 352 g/mol. The fourth-order valence-corrected chi connectivity index (χ4v) is 3.26. The lowest BCUT2D eigenvalue weighted by molar-refractivity contribution is 0.301. The maximum absolute atomic E-state index is 5.80. The number of nitrogens with zero attached hydrogens (tertiary/aromatic N) is 4. The van der Waals surface area contributed by atoms with Crippen molar-refractivity contribution in [3.05, 3.63) is 59.1 Å². The molecule has 0 amide bonds. The first-order valence-corrected chi connectivity index (χ1v) is 8.59. The number of methoxy groups -OCH3 is 1. The van der Waals surface area contributed by atoms with Crippen molar-refractivity contribution in [2.24, 2.45) is 0 Å². The van der Waals surface area contributed by atoms with Crippen LogP contribution in [-0.2, 0) is 6.61 Å². The fourth-order valence-electron chi connectivity index (χ4n) is 2.52. The number of aryl methyl sites for hydroxylation is 1. The van der Waals surface area contributed by atoms with Gasteiger partial charge in [-0.3, -0.25) is 0 Å². The van der Waals surface area contributed by atoms with Gasteiger partial charge in [0, 0.05) is 11.6 Å². The van der Waals surface area contributed by atoms with E-state index in [0.717, 1.165) is 32.9 Å². The van der Waals surface area contributed by atoms with Crippen molar-refractivity contribution in [1.82, 2.24) is 19.8 Å². The van der Waals surface area contributed by atoms with Gasteiger partial charge in [0.15, 0.2) is 10.8 Å². The van der Waals surface area contributed by atoms with Gasteiger partial charge >= 0.3 is 0 Å². The van der Waals surface area contributed by atoms with E-state index in [2.05, 4.69) is 34.4 Å². The van der Waals surface area contributed by atoms with E-state index >= 15 is 0 Å². The van der Waals surface area contributed by atoms with Crippen LogP contribution in [0.1, 0.15) is 10.6 Å². The Balaban J connectivity index is 1.57. The SMILES string of the molecule is COc1cccc(OCc2nn3c(-c4cccc(C)c4)nnc3s2)c1. The molecule has 0 fully saturated rings. The largest absolute Gasteiger partial charge is 0.497 e. The van der Waals surface area contributed by atoms with Gasteiger partial charge in [-0.05, 0) is 25.1 Å². The minimum atomic E-state index is 0.369. The Labute approximate surface area is 148 Å². The van der Waals surface area contributed by atoms with Gasteiger partial charge in [0.25, 0.3) is 0 Å². The van der Waals surface area contributed by atoms with Crippen molar-refractivity contribution >= 4 is 16.3 Å². The third kappa shape index (κ3) is 3.18. The number of ether oxygens (including phenoxy) is 2. The number of benzene rings is 2. The Hall–Kier alpha value is -2.93. The van der Waals surface area contributed by atoms with E-state index in [4.69, 9.17) is 9.47 Å². The molecule has 0 aliphatic heterocycles. The zero-order valence-corrected chi connectivity index (χ0v) is 14.7. The topological polar surface area (TPSA) is 61.5 Å². The Morgan fingerprint density at radius 1 is 1.04 bits per heavy atom. The highest BCUT2D eigenvalue weighted by Crippen LogP contribution is 2.24. The van der Waals surface area contributed by atoms with Crippen LogP contribution in [0.4, 0.5) is 0 Å². The van der Waals surface area contributed by atoms with Gasteiger partial charge in [0.1, 0.15) is 18.1 Å². The summed E-state index contributed by atoms with van der Waals surface area (Å²) < 4.78 is 12.8. The maximum Gasteiger partial charge on any atom is 0.235 e. The molecule has 25 heavy (non-hydrogen) atoms. The maximum atomic E-state index is 5.80. The van der Waals surface area contributed by atoms with E-state index in [-0.39, 0.29) is 0 Å². The van der Waals surface area contributed by atoms with E-state index in [1.54, 1.807) is 11.6 Å². The van der Waals surface area contributed by atoms with Crippen molar-refractivity contribution < 1.29 is 9.47 Å². The third-order valence-corrected chi connectivity index (χ3v) is 4.58. The van der Waals surface area contributed by atoms with Crippen molar-refractivity contribution in [3.63, 3.8) is 0 Å². The van der Waals surface area contributed by atoms with Gasteiger partial charge in [-0.15, -0.1) is 10.2 Å². The minimum Gasteiger partial charge on any atom is -0.497 e. The first-order chi connectivity index (χ1) is 12.2. The minimum absolute atomic E-state index is 0.369. The molecule has 0 radical (unpaired) electrons. The molecular weight excluding hydrogens is 336 g/mol. The normalized spacial score (nSPS) is 11.0. The lowest BCUT2D eigenvalue weighted by atomic mass is 10.1. The van der Waals surface area contributed by atoms with Gasteiger partial charge in [-0.2, -0.15) is 9.61 Å². The summed E-state index contributed by atoms with van der Waals surface area (Å²) in [6.07, 6.45) is 0. The summed E-state index contributed by atoms with van der Waals surface area (Å²) in [5.41, 5.74) is 2.17. The van der Waals surface area contributed by atoms with Gasteiger partial charge in [-0.25, -0.2) is 0 Å². The summed E-state index contributed by atoms with van der Waals surface area (Å²) in [7, 11) is 1.63. The molecule has 0 aliphatic rings. The second-order valence-electron chi connectivity index (χ2n) is 5.55. The molecule has 126 valence electrons. The van der Waals surface area contributed by atoms with Crippen LogP contribution in [0.25, 0.3) is 16.3 Å². The predicted molar refractivity (Wildman–Crippen MR) is 96.2 cm³/mol. The molecule has 0 saturated heterocycles. The molecule has 0 N–H and O–H groups in total. The number of fused-ring (bicyclic) bond motifs is 1. The van der Waals surface area contributed by atoms with E-state index < -0.39 is 0 Å². The van der Waals surface area contributed by atoms with Crippen LogP contribution in [0, 0.1) is 6.92 Å². The summed E-state index contributed by atoms with van der Waals surface area (Å²) in [5, 5.41) is 13.9. The zero-order chi connectivity index (χ0) is 17.2. The smallest absolute Gasteiger partial charge is 0.235 e. The Morgan fingerprint density at radius 2 is 1.88 bits per heavy atom. The summed E-state index contributed by atoms with van der Waals surface area (Å²) >= 11 is 1.47. The van der Waals surface area contributed by atoms with Crippen LogP contribution in [-0.4, -0.2) is 26.9 Å². The number of aromatic nitrogens is 4. The van der Waals surface area contributed by atoms with E-state index in [9.17, 15) is 0 Å². The molecule has 0 bridgehead atoms. The molecule has 0 saturated carbocycles. The molecule has 7 heteroatoms. The Bertz CT molecular complexity index is 1020. The molecule has 0 unspecified atom stereocenters. The average Bonchev–Trinajstić information content (AvgIpc) is 3.20. The summed E-state index contributed by atoms with van der Waals surface area (Å²) in [5.74, 6) is 2.24. The van der Waals surface area contributed by atoms with Crippen LogP contribution in [0.15, 0.2) is 48.5 Å². The summed E-state index contributed by atoms with van der Waals surface area (Å²) in [4.78, 5) is 0.751. The van der Waals surface area contributed by atoms with Crippen LogP contribution in [0.3, 0.4) is 0 Å². The van der Waals surface area contributed by atoms with Crippen molar-refractivity contribution in [2.45, 2.75) is 13.5 Å². The molecule has 4 aromatic rings. The van der Waals surface area contributed by atoms with Gasteiger partial charge in [0.05, 0.1) is 7.11 Å². The molecule has 2 aromatic heterocycles. The highest BCUT2D eigenvalue weighted by atomic mass is 32.1. The van der Waals surface area contributed by atoms with Crippen LogP contribution < -0.4 is 9.47 Å². The van der Waals surface area contributed by atoms with Crippen molar-refractivity contribution in [2.75, 3.05) is 7.11 Å². The molecule has 2 heterocycles. The molecule has 4 rings (SSSR count). The molecule has 0 spiro atoms. The van der Waals surface area contributed by atoms with E-state index in [1.165, 1.54) is 16.9 Å². The Kier molecular flexibility index (Phi) is 4.07. The lowest BCUT2D eigenvalue weighted by Crippen LogP contribution is -1.98. The quantitative estimate of drug-likeness (QED) is 0.547. The predicted octanol–water partition coefficient (Wildman–Crippen LogP) is 3.75. The first kappa shape index (κ1) is 15.6. The molecule has 0 atom stereocenters. The monoisotopic (exact) mass is 352 g/mol. The standard InChI is InChI=1S/C18H16N4O2S/c1-12-5-3-6-13(9-12)17-19-20-18-22(17)21-16(25-18)11-24-15-8-4-7-14(10-15)23-2/h3-10H,11H2,1-2H3. The van der Waals surface area contributed by atoms with Crippen LogP contribution in [0.5, 0.6) is 11.5 Å². The number of rotatable bonds is 5. The third-order valence-electron chi connectivity index (χ3n) is 3.71. The highest BCUT2D eigenvalue weighted by Gasteiger charge is 2.14.